The van der Waals surface area contributed by atoms with Crippen LogP contribution in [0.5, 0.6) is 11.5 Å². The number of rotatable bonds is 16. The summed E-state index contributed by atoms with van der Waals surface area (Å²) in [6, 6.07) is 4.07. The summed E-state index contributed by atoms with van der Waals surface area (Å²) in [6.07, 6.45) is 18.0. The quantitative estimate of drug-likeness (QED) is 0.0899. The molecular formula is C34H53N3O4. The number of aromatic hydroxyl groups is 1. The van der Waals surface area contributed by atoms with Crippen LogP contribution in [-0.4, -0.2) is 42.7 Å². The minimum atomic E-state index is -0.0878. The summed E-state index contributed by atoms with van der Waals surface area (Å²) in [5.41, 5.74) is 13.2. The van der Waals surface area contributed by atoms with E-state index in [2.05, 4.69) is 44.0 Å². The number of hydrogen-bond donors (Lipinski definition) is 3. The van der Waals surface area contributed by atoms with Gasteiger partial charge in [0, 0.05) is 25.6 Å². The SMILES string of the molecule is CCCC=CC(=O)CCc1cc(OC2CCCC2)c(O)c([C@H](CCC(C)C)[C@H]2C[C@H](CN=C(N)N)C=C[C@H]2OC)c1. The van der Waals surface area contributed by atoms with Gasteiger partial charge in [0.2, 0.25) is 0 Å². The van der Waals surface area contributed by atoms with Crippen molar-refractivity contribution in [2.45, 2.75) is 110 Å². The van der Waals surface area contributed by atoms with Crippen LogP contribution < -0.4 is 16.2 Å². The summed E-state index contributed by atoms with van der Waals surface area (Å²) in [4.78, 5) is 16.9. The van der Waals surface area contributed by atoms with E-state index in [1.165, 1.54) is 0 Å². The molecule has 7 nitrogen and oxygen atoms in total. The number of aliphatic imine (C=N–C) groups is 1. The second-order valence-electron chi connectivity index (χ2n) is 12.3. The van der Waals surface area contributed by atoms with Gasteiger partial charge in [-0.25, -0.2) is 0 Å². The van der Waals surface area contributed by atoms with Crippen molar-refractivity contribution >= 4 is 11.7 Å². The molecule has 7 heteroatoms. The van der Waals surface area contributed by atoms with Gasteiger partial charge in [0.1, 0.15) is 0 Å². The first-order chi connectivity index (χ1) is 19.7. The number of phenolic OH excluding ortho intramolecular Hbond substituents is 1. The van der Waals surface area contributed by atoms with Crippen molar-refractivity contribution in [2.75, 3.05) is 13.7 Å². The number of carbonyl (C=O) groups is 1. The molecule has 0 spiro atoms. The Morgan fingerprint density at radius 3 is 2.59 bits per heavy atom. The van der Waals surface area contributed by atoms with Gasteiger partial charge in [-0.15, -0.1) is 0 Å². The molecule has 0 unspecified atom stereocenters. The van der Waals surface area contributed by atoms with Crippen molar-refractivity contribution < 1.29 is 19.4 Å². The summed E-state index contributed by atoms with van der Waals surface area (Å²) in [6.45, 7) is 7.09. The molecule has 0 heterocycles. The first kappa shape index (κ1) is 32.7. The van der Waals surface area contributed by atoms with E-state index in [-0.39, 0.29) is 47.5 Å². The molecule has 1 aromatic rings. The molecule has 0 saturated heterocycles. The first-order valence-electron chi connectivity index (χ1n) is 15.7. The predicted octanol–water partition coefficient (Wildman–Crippen LogP) is 6.57. The number of hydrogen-bond acceptors (Lipinski definition) is 5. The van der Waals surface area contributed by atoms with Gasteiger partial charge in [-0.1, -0.05) is 57.9 Å². The normalized spacial score (nSPS) is 21.9. The number of unbranched alkanes of at least 4 members (excludes halogenated alkanes) is 1. The fourth-order valence-electron chi connectivity index (χ4n) is 6.21. The molecule has 3 rings (SSSR count). The Morgan fingerprint density at radius 1 is 1.17 bits per heavy atom. The minimum Gasteiger partial charge on any atom is -0.504 e. The van der Waals surface area contributed by atoms with Gasteiger partial charge in [0.25, 0.3) is 0 Å². The molecule has 5 N–H and O–H groups in total. The largest absolute Gasteiger partial charge is 0.504 e. The maximum atomic E-state index is 12.6. The highest BCUT2D eigenvalue weighted by Gasteiger charge is 2.36. The summed E-state index contributed by atoms with van der Waals surface area (Å²) < 4.78 is 12.4. The van der Waals surface area contributed by atoms with Crippen LogP contribution in [-0.2, 0) is 16.0 Å². The van der Waals surface area contributed by atoms with Crippen LogP contribution in [0.15, 0.2) is 41.4 Å². The van der Waals surface area contributed by atoms with E-state index in [0.29, 0.717) is 31.1 Å². The zero-order valence-electron chi connectivity index (χ0n) is 25.7. The number of nitrogens with zero attached hydrogens (tertiary/aromatic N) is 1. The van der Waals surface area contributed by atoms with E-state index < -0.39 is 0 Å². The van der Waals surface area contributed by atoms with E-state index in [1.54, 1.807) is 13.2 Å². The molecule has 0 bridgehead atoms. The van der Waals surface area contributed by atoms with E-state index >= 15 is 0 Å². The van der Waals surface area contributed by atoms with Gasteiger partial charge in [-0.2, -0.15) is 0 Å². The van der Waals surface area contributed by atoms with Crippen molar-refractivity contribution in [3.63, 3.8) is 0 Å². The molecule has 0 amide bonds. The Bertz CT molecular complexity index is 1050. The van der Waals surface area contributed by atoms with E-state index in [4.69, 9.17) is 20.9 Å². The smallest absolute Gasteiger partial charge is 0.185 e. The van der Waals surface area contributed by atoms with E-state index in [1.807, 2.05) is 12.1 Å². The number of methoxy groups -OCH3 is 1. The fourth-order valence-corrected chi connectivity index (χ4v) is 6.21. The lowest BCUT2D eigenvalue weighted by Gasteiger charge is -2.37. The average molecular weight is 568 g/mol. The molecule has 4 atom stereocenters. The molecule has 1 saturated carbocycles. The highest BCUT2D eigenvalue weighted by molar-refractivity contribution is 5.89. The lowest BCUT2D eigenvalue weighted by molar-refractivity contribution is -0.114. The highest BCUT2D eigenvalue weighted by Crippen LogP contribution is 2.47. The highest BCUT2D eigenvalue weighted by atomic mass is 16.5. The lowest BCUT2D eigenvalue weighted by Crippen LogP contribution is -2.33. The first-order valence-corrected chi connectivity index (χ1v) is 15.7. The Balaban J connectivity index is 1.99. The Morgan fingerprint density at radius 2 is 1.93 bits per heavy atom. The molecule has 41 heavy (non-hydrogen) atoms. The number of guanidine groups is 1. The molecule has 2 aliphatic rings. The summed E-state index contributed by atoms with van der Waals surface area (Å²) >= 11 is 0. The zero-order valence-corrected chi connectivity index (χ0v) is 25.7. The van der Waals surface area contributed by atoms with E-state index in [0.717, 1.165) is 68.9 Å². The summed E-state index contributed by atoms with van der Waals surface area (Å²) in [5.74, 6) is 1.87. The molecule has 0 aromatic heterocycles. The van der Waals surface area contributed by atoms with Crippen LogP contribution in [0.25, 0.3) is 0 Å². The van der Waals surface area contributed by atoms with Gasteiger partial charge >= 0.3 is 0 Å². The van der Waals surface area contributed by atoms with Crippen LogP contribution in [0.4, 0.5) is 0 Å². The number of benzene rings is 1. The molecule has 1 fully saturated rings. The molecule has 1 aromatic carbocycles. The monoisotopic (exact) mass is 567 g/mol. The average Bonchev–Trinajstić information content (AvgIpc) is 3.46. The van der Waals surface area contributed by atoms with Crippen molar-refractivity contribution in [2.24, 2.45) is 34.2 Å². The third kappa shape index (κ3) is 10.2. The Labute approximate surface area is 247 Å². The number of ether oxygens (including phenoxy) is 2. The van der Waals surface area contributed by atoms with Crippen LogP contribution in [0.1, 0.15) is 102 Å². The van der Waals surface area contributed by atoms with Crippen molar-refractivity contribution in [3.05, 3.63) is 47.6 Å². The van der Waals surface area contributed by atoms with Gasteiger partial charge in [0.05, 0.1) is 12.2 Å². The fraction of sp³-hybridized carbons (Fsp3) is 0.647. The second-order valence-corrected chi connectivity index (χ2v) is 12.3. The van der Waals surface area contributed by atoms with Gasteiger partial charge in [-0.3, -0.25) is 9.79 Å². The molecule has 0 radical (unpaired) electrons. The Kier molecular flexibility index (Phi) is 13.2. The number of ketones is 1. The van der Waals surface area contributed by atoms with Gasteiger partial charge < -0.3 is 26.0 Å². The van der Waals surface area contributed by atoms with Crippen LogP contribution >= 0.6 is 0 Å². The number of phenols is 1. The number of carbonyl (C=O) groups excluding carboxylic acids is 1. The summed E-state index contributed by atoms with van der Waals surface area (Å²) in [7, 11) is 1.75. The van der Waals surface area contributed by atoms with Crippen LogP contribution in [0.3, 0.4) is 0 Å². The molecule has 0 aliphatic heterocycles. The third-order valence-electron chi connectivity index (χ3n) is 8.50. The maximum Gasteiger partial charge on any atom is 0.185 e. The number of allylic oxidation sites excluding steroid dienone is 2. The summed E-state index contributed by atoms with van der Waals surface area (Å²) in [5, 5.41) is 11.7. The number of nitrogens with two attached hydrogens (primary N) is 2. The second kappa shape index (κ2) is 16.6. The zero-order chi connectivity index (χ0) is 29.8. The van der Waals surface area contributed by atoms with Crippen molar-refractivity contribution in [3.8, 4) is 11.5 Å². The maximum absolute atomic E-state index is 12.6. The molecule has 2 aliphatic carbocycles. The van der Waals surface area contributed by atoms with Crippen LogP contribution in [0.2, 0.25) is 0 Å². The Hall–Kier alpha value is -2.80. The van der Waals surface area contributed by atoms with Gasteiger partial charge in [-0.05, 0) is 92.7 Å². The minimum absolute atomic E-state index is 0.0417. The van der Waals surface area contributed by atoms with Crippen LogP contribution in [0, 0.1) is 17.8 Å². The third-order valence-corrected chi connectivity index (χ3v) is 8.50. The van der Waals surface area contributed by atoms with E-state index in [9.17, 15) is 9.90 Å². The standard InChI is InChI=1S/C34H53N3O4/c1-5-6-7-10-26(38)16-14-24-19-30(33(39)32(21-24)41-27-11-8-9-12-27)28(17-13-23(2)3)29-20-25(22-37-34(35)36)15-18-31(29)40-4/h7,10,15,18-19,21,23,25,27-29,31,39H,5-6,8-9,11-14,16-17,20,22H2,1-4H3,(H4,35,36,37)/t25-,28-,29-,31-/m1/s1. The van der Waals surface area contributed by atoms with Crippen molar-refractivity contribution in [1.82, 2.24) is 0 Å². The molecular weight excluding hydrogens is 514 g/mol. The molecule has 228 valence electrons. The topological polar surface area (TPSA) is 120 Å². The number of aryl methyl sites for hydroxylation is 1. The predicted molar refractivity (Wildman–Crippen MR) is 167 cm³/mol. The van der Waals surface area contributed by atoms with Gasteiger partial charge in [0.15, 0.2) is 23.2 Å². The lowest BCUT2D eigenvalue weighted by atomic mass is 9.71. The van der Waals surface area contributed by atoms with Crippen molar-refractivity contribution in [1.29, 1.82) is 0 Å².